The van der Waals surface area contributed by atoms with Crippen molar-refractivity contribution in [1.82, 2.24) is 4.98 Å². The molecule has 4 nitrogen and oxygen atoms in total. The van der Waals surface area contributed by atoms with Gasteiger partial charge in [-0.2, -0.15) is 0 Å². The summed E-state index contributed by atoms with van der Waals surface area (Å²) in [5, 5.41) is -0.906. The third-order valence-electron chi connectivity index (χ3n) is 1.20. The predicted molar refractivity (Wildman–Crippen MR) is 41.9 cm³/mol. The van der Waals surface area contributed by atoms with Gasteiger partial charge in [0, 0.05) is 6.20 Å². The van der Waals surface area contributed by atoms with Crippen LogP contribution in [-0.2, 0) is 11.1 Å². The number of aromatic nitrogens is 1. The van der Waals surface area contributed by atoms with Crippen LogP contribution in [0.15, 0.2) is 24.4 Å². The number of nitrogens with zero attached hydrogens (tertiary/aromatic N) is 1. The van der Waals surface area contributed by atoms with Gasteiger partial charge in [-0.15, -0.1) is 0 Å². The molecule has 0 fully saturated rings. The van der Waals surface area contributed by atoms with Gasteiger partial charge in [-0.1, -0.05) is 6.07 Å². The summed E-state index contributed by atoms with van der Waals surface area (Å²) in [4.78, 5) is 3.82. The zero-order valence-corrected chi connectivity index (χ0v) is 6.49. The maximum Gasteiger partial charge on any atom is 0.176 e. The normalized spacial score (nSPS) is 15.8. The maximum atomic E-state index is 10.4. The molecular weight excluding hydrogens is 164 g/mol. The van der Waals surface area contributed by atoms with Crippen LogP contribution in [0.25, 0.3) is 0 Å². The van der Waals surface area contributed by atoms with Gasteiger partial charge in [-0.25, -0.2) is 4.21 Å². The first-order valence-electron chi connectivity index (χ1n) is 2.98. The second-order valence-electron chi connectivity index (χ2n) is 1.95. The van der Waals surface area contributed by atoms with E-state index in [0.29, 0.717) is 5.69 Å². The lowest BCUT2D eigenvalue weighted by atomic mass is 10.3. The van der Waals surface area contributed by atoms with E-state index in [2.05, 4.69) is 4.98 Å². The highest BCUT2D eigenvalue weighted by Gasteiger charge is 2.11. The van der Waals surface area contributed by atoms with E-state index in [1.165, 1.54) is 6.20 Å². The van der Waals surface area contributed by atoms with Gasteiger partial charge in [0.1, 0.15) is 5.37 Å². The molecule has 2 unspecified atom stereocenters. The van der Waals surface area contributed by atoms with Crippen molar-refractivity contribution >= 4 is 11.1 Å². The third-order valence-corrected chi connectivity index (χ3v) is 1.87. The smallest absolute Gasteiger partial charge is 0.176 e. The summed E-state index contributed by atoms with van der Waals surface area (Å²) < 4.78 is 19.0. The summed E-state index contributed by atoms with van der Waals surface area (Å²) in [5.41, 5.74) is 5.75. The number of pyridine rings is 1. The van der Waals surface area contributed by atoms with E-state index >= 15 is 0 Å². The molecular formula is C6H8N2O2S. The maximum absolute atomic E-state index is 10.4. The van der Waals surface area contributed by atoms with E-state index in [9.17, 15) is 4.21 Å². The molecule has 0 bridgehead atoms. The van der Waals surface area contributed by atoms with Crippen LogP contribution >= 0.6 is 0 Å². The van der Waals surface area contributed by atoms with Crippen molar-refractivity contribution in [3.8, 4) is 0 Å². The monoisotopic (exact) mass is 172 g/mol. The lowest BCUT2D eigenvalue weighted by Gasteiger charge is -2.04. The largest absolute Gasteiger partial charge is 0.310 e. The summed E-state index contributed by atoms with van der Waals surface area (Å²) in [7, 11) is 0. The van der Waals surface area contributed by atoms with Gasteiger partial charge in [0.25, 0.3) is 0 Å². The average Bonchev–Trinajstić information content (AvgIpc) is 2.05. The molecule has 0 amide bonds. The van der Waals surface area contributed by atoms with E-state index in [-0.39, 0.29) is 0 Å². The van der Waals surface area contributed by atoms with Crippen molar-refractivity contribution in [3.63, 3.8) is 0 Å². The van der Waals surface area contributed by atoms with Gasteiger partial charge < -0.3 is 10.3 Å². The van der Waals surface area contributed by atoms with Crippen LogP contribution in [-0.4, -0.2) is 13.7 Å². The van der Waals surface area contributed by atoms with Crippen LogP contribution in [0, 0.1) is 0 Å². The average molecular weight is 172 g/mol. The highest BCUT2D eigenvalue weighted by molar-refractivity contribution is 7.79. The lowest BCUT2D eigenvalue weighted by molar-refractivity contribution is 0.550. The first kappa shape index (κ1) is 8.32. The van der Waals surface area contributed by atoms with Crippen LogP contribution in [0.1, 0.15) is 11.1 Å². The summed E-state index contributed by atoms with van der Waals surface area (Å²) in [6.07, 6.45) is 1.53. The molecule has 0 aliphatic rings. The Morgan fingerprint density at radius 2 is 2.36 bits per heavy atom. The fourth-order valence-corrected chi connectivity index (χ4v) is 0.994. The van der Waals surface area contributed by atoms with E-state index in [4.69, 9.17) is 10.3 Å². The molecule has 1 aromatic heterocycles. The zero-order valence-electron chi connectivity index (χ0n) is 5.68. The fourth-order valence-electron chi connectivity index (χ4n) is 0.648. The Hall–Kier alpha value is -0.780. The van der Waals surface area contributed by atoms with E-state index < -0.39 is 16.5 Å². The Bertz CT molecular complexity index is 252. The molecule has 0 aromatic carbocycles. The molecule has 2 atom stereocenters. The number of hydrogen-bond donors (Lipinski definition) is 2. The highest BCUT2D eigenvalue weighted by Crippen LogP contribution is 2.07. The van der Waals surface area contributed by atoms with Crippen LogP contribution in [0.5, 0.6) is 0 Å². The number of hydrogen-bond acceptors (Lipinski definition) is 3. The van der Waals surface area contributed by atoms with Gasteiger partial charge in [0.2, 0.25) is 0 Å². The van der Waals surface area contributed by atoms with Crippen LogP contribution in [0.3, 0.4) is 0 Å². The molecule has 1 aromatic rings. The minimum absolute atomic E-state index is 0.424. The molecule has 0 spiro atoms. The van der Waals surface area contributed by atoms with Gasteiger partial charge in [0.15, 0.2) is 11.1 Å². The Morgan fingerprint density at radius 3 is 2.82 bits per heavy atom. The van der Waals surface area contributed by atoms with E-state index in [1.54, 1.807) is 18.2 Å². The zero-order chi connectivity index (χ0) is 8.27. The first-order chi connectivity index (χ1) is 5.22. The van der Waals surface area contributed by atoms with Crippen molar-refractivity contribution in [2.24, 2.45) is 5.73 Å². The summed E-state index contributed by atoms with van der Waals surface area (Å²) in [6, 6.07) is 5.05. The molecule has 0 saturated carbocycles. The second-order valence-corrected chi connectivity index (χ2v) is 3.01. The van der Waals surface area contributed by atoms with Crippen molar-refractivity contribution in [1.29, 1.82) is 0 Å². The van der Waals surface area contributed by atoms with Crippen molar-refractivity contribution in [2.75, 3.05) is 0 Å². The Balaban J connectivity index is 2.85. The van der Waals surface area contributed by atoms with Crippen LogP contribution in [0.4, 0.5) is 0 Å². The van der Waals surface area contributed by atoms with Gasteiger partial charge in [0.05, 0.1) is 5.69 Å². The lowest BCUT2D eigenvalue weighted by Crippen LogP contribution is -2.16. The Labute approximate surface area is 66.7 Å². The molecule has 0 aliphatic carbocycles. The number of rotatable bonds is 2. The topological polar surface area (TPSA) is 76.2 Å². The quantitative estimate of drug-likeness (QED) is 0.627. The Kier molecular flexibility index (Phi) is 2.70. The Morgan fingerprint density at radius 1 is 1.64 bits per heavy atom. The molecule has 1 rings (SSSR count). The minimum Gasteiger partial charge on any atom is -0.310 e. The summed E-state index contributed by atoms with van der Waals surface area (Å²) >= 11 is -2.05. The molecule has 3 N–H and O–H groups in total. The molecule has 1 heterocycles. The highest BCUT2D eigenvalue weighted by atomic mass is 32.2. The fraction of sp³-hybridized carbons (Fsp3) is 0.167. The third kappa shape index (κ3) is 2.07. The van der Waals surface area contributed by atoms with Gasteiger partial charge >= 0.3 is 0 Å². The van der Waals surface area contributed by atoms with E-state index in [1.807, 2.05) is 0 Å². The van der Waals surface area contributed by atoms with Crippen LogP contribution < -0.4 is 5.73 Å². The van der Waals surface area contributed by atoms with Gasteiger partial charge in [-0.05, 0) is 12.1 Å². The standard InChI is InChI=1S/C6H8N2O2S/c7-6(11(9)10)5-3-1-2-4-8-5/h1-4,6H,7H2,(H,9,10). The second kappa shape index (κ2) is 3.56. The number of nitrogens with two attached hydrogens (primary N) is 1. The SMILES string of the molecule is NC(c1ccccn1)S(=O)O. The van der Waals surface area contributed by atoms with Crippen molar-refractivity contribution in [3.05, 3.63) is 30.1 Å². The van der Waals surface area contributed by atoms with E-state index in [0.717, 1.165) is 0 Å². The minimum atomic E-state index is -2.05. The first-order valence-corrected chi connectivity index (χ1v) is 4.15. The van der Waals surface area contributed by atoms with Gasteiger partial charge in [-0.3, -0.25) is 4.98 Å². The molecule has 5 heteroatoms. The molecule has 0 aliphatic heterocycles. The predicted octanol–water partition coefficient (Wildman–Crippen LogP) is 0.261. The molecule has 60 valence electrons. The summed E-state index contributed by atoms with van der Waals surface area (Å²) in [5.74, 6) is 0. The van der Waals surface area contributed by atoms with Crippen molar-refractivity contribution in [2.45, 2.75) is 5.37 Å². The molecule has 11 heavy (non-hydrogen) atoms. The van der Waals surface area contributed by atoms with Crippen LogP contribution in [0.2, 0.25) is 0 Å². The van der Waals surface area contributed by atoms with Crippen molar-refractivity contribution < 1.29 is 8.76 Å². The molecule has 0 radical (unpaired) electrons. The summed E-state index contributed by atoms with van der Waals surface area (Å²) in [6.45, 7) is 0. The molecule has 0 saturated heterocycles.